The molecule has 0 atom stereocenters. The summed E-state index contributed by atoms with van der Waals surface area (Å²) in [7, 11) is 0. The van der Waals surface area contributed by atoms with Crippen molar-refractivity contribution in [3.05, 3.63) is 11.6 Å². The molecule has 0 aromatic carbocycles. The lowest BCUT2D eigenvalue weighted by atomic mass is 9.88. The van der Waals surface area contributed by atoms with E-state index in [1.807, 2.05) is 13.8 Å². The van der Waals surface area contributed by atoms with Crippen molar-refractivity contribution in [2.24, 2.45) is 0 Å². The van der Waals surface area contributed by atoms with Crippen molar-refractivity contribution in [3.8, 4) is 0 Å². The van der Waals surface area contributed by atoms with Crippen LogP contribution in [0.4, 0.5) is 9.93 Å². The summed E-state index contributed by atoms with van der Waals surface area (Å²) in [5.41, 5.74) is -0.859. The van der Waals surface area contributed by atoms with Crippen LogP contribution in [0.25, 0.3) is 0 Å². The number of anilines is 1. The molecule has 22 heavy (non-hydrogen) atoms. The largest absolute Gasteiger partial charge is 0.325 e. The van der Waals surface area contributed by atoms with Crippen molar-refractivity contribution in [1.29, 1.82) is 0 Å². The molecule has 7 nitrogen and oxygen atoms in total. The number of aromatic nitrogens is 1. The van der Waals surface area contributed by atoms with Gasteiger partial charge >= 0.3 is 6.03 Å². The maximum absolute atomic E-state index is 12.6. The summed E-state index contributed by atoms with van der Waals surface area (Å²) in [6.45, 7) is 3.64. The predicted octanol–water partition coefficient (Wildman–Crippen LogP) is 1.97. The fourth-order valence-electron chi connectivity index (χ4n) is 2.72. The van der Waals surface area contributed by atoms with Gasteiger partial charge in [-0.1, -0.05) is 26.7 Å². The van der Waals surface area contributed by atoms with Gasteiger partial charge in [0.1, 0.15) is 12.1 Å². The fourth-order valence-corrected chi connectivity index (χ4v) is 3.27. The molecule has 1 aliphatic rings. The quantitative estimate of drug-likeness (QED) is 0.750. The van der Waals surface area contributed by atoms with E-state index in [1.54, 1.807) is 11.6 Å². The Kier molecular flexibility index (Phi) is 5.12. The van der Waals surface area contributed by atoms with Gasteiger partial charge in [0.2, 0.25) is 5.91 Å². The van der Waals surface area contributed by atoms with Gasteiger partial charge in [0, 0.05) is 11.6 Å². The third-order valence-electron chi connectivity index (χ3n) is 3.58. The molecule has 2 rings (SSSR count). The third kappa shape index (κ3) is 3.27. The lowest BCUT2D eigenvalue weighted by molar-refractivity contribution is -0.134. The summed E-state index contributed by atoms with van der Waals surface area (Å²) in [6, 6.07) is -0.499. The summed E-state index contributed by atoms with van der Waals surface area (Å²) in [6.07, 6.45) is 4.30. The van der Waals surface area contributed by atoms with Gasteiger partial charge in [0.05, 0.1) is 0 Å². The molecule has 1 aromatic heterocycles. The van der Waals surface area contributed by atoms with Crippen LogP contribution in [-0.4, -0.2) is 39.8 Å². The van der Waals surface area contributed by atoms with Crippen LogP contribution in [0.15, 0.2) is 11.6 Å². The molecule has 2 N–H and O–H groups in total. The first-order chi connectivity index (χ1) is 10.5. The van der Waals surface area contributed by atoms with Crippen molar-refractivity contribution in [3.63, 3.8) is 0 Å². The maximum Gasteiger partial charge on any atom is 0.325 e. The number of thiazole rings is 1. The van der Waals surface area contributed by atoms with E-state index >= 15 is 0 Å². The highest BCUT2D eigenvalue weighted by molar-refractivity contribution is 7.13. The molecule has 0 aliphatic carbocycles. The van der Waals surface area contributed by atoms with Gasteiger partial charge in [0.25, 0.3) is 5.91 Å². The average Bonchev–Trinajstić information content (AvgIpc) is 3.03. The first-order valence-electron chi connectivity index (χ1n) is 7.36. The van der Waals surface area contributed by atoms with E-state index in [1.165, 1.54) is 11.3 Å². The van der Waals surface area contributed by atoms with Gasteiger partial charge in [-0.05, 0) is 12.8 Å². The number of nitrogens with one attached hydrogen (secondary N) is 2. The van der Waals surface area contributed by atoms with E-state index in [-0.39, 0.29) is 12.5 Å². The van der Waals surface area contributed by atoms with Crippen LogP contribution in [0, 0.1) is 0 Å². The van der Waals surface area contributed by atoms with E-state index in [4.69, 9.17) is 0 Å². The zero-order valence-corrected chi connectivity index (χ0v) is 13.5. The van der Waals surface area contributed by atoms with E-state index in [0.717, 1.165) is 17.7 Å². The molecular weight excluding hydrogens is 304 g/mol. The Hall–Kier alpha value is -1.96. The van der Waals surface area contributed by atoms with Crippen molar-refractivity contribution in [2.45, 2.75) is 45.1 Å². The Balaban J connectivity index is 2.06. The highest BCUT2D eigenvalue weighted by Crippen LogP contribution is 2.28. The third-order valence-corrected chi connectivity index (χ3v) is 4.27. The summed E-state index contributed by atoms with van der Waals surface area (Å²) < 4.78 is 0. The van der Waals surface area contributed by atoms with E-state index in [2.05, 4.69) is 15.6 Å². The molecule has 4 amide bonds. The van der Waals surface area contributed by atoms with Gasteiger partial charge in [-0.2, -0.15) is 0 Å². The van der Waals surface area contributed by atoms with Crippen LogP contribution in [0.3, 0.4) is 0 Å². The molecule has 0 spiro atoms. The second-order valence-electron chi connectivity index (χ2n) is 5.29. The van der Waals surface area contributed by atoms with Crippen LogP contribution >= 0.6 is 11.3 Å². The van der Waals surface area contributed by atoms with Crippen LogP contribution < -0.4 is 10.6 Å². The van der Waals surface area contributed by atoms with Gasteiger partial charge in [-0.25, -0.2) is 9.78 Å². The van der Waals surface area contributed by atoms with E-state index in [0.29, 0.717) is 18.0 Å². The Labute approximate surface area is 133 Å². The van der Waals surface area contributed by atoms with Crippen molar-refractivity contribution < 1.29 is 14.4 Å². The number of nitrogens with zero attached hydrogens (tertiary/aromatic N) is 2. The molecule has 0 saturated carbocycles. The Morgan fingerprint density at radius 2 is 2.05 bits per heavy atom. The van der Waals surface area contributed by atoms with Crippen molar-refractivity contribution in [1.82, 2.24) is 15.2 Å². The highest BCUT2D eigenvalue weighted by Gasteiger charge is 2.50. The summed E-state index contributed by atoms with van der Waals surface area (Å²) in [4.78, 5) is 41.6. The summed E-state index contributed by atoms with van der Waals surface area (Å²) in [5.74, 6) is -0.738. The predicted molar refractivity (Wildman–Crippen MR) is 83.5 cm³/mol. The minimum absolute atomic E-state index is 0.292. The number of rotatable bonds is 7. The normalized spacial score (nSPS) is 16.7. The fraction of sp³-hybridized carbons (Fsp3) is 0.571. The van der Waals surface area contributed by atoms with Crippen LogP contribution in [0.2, 0.25) is 0 Å². The molecule has 120 valence electrons. The van der Waals surface area contributed by atoms with Gasteiger partial charge in [0.15, 0.2) is 5.13 Å². The second kappa shape index (κ2) is 6.87. The molecule has 0 radical (unpaired) electrons. The molecular formula is C14H20N4O3S. The number of carbonyl (C=O) groups excluding carboxylic acids is 3. The minimum Gasteiger partial charge on any atom is -0.323 e. The molecule has 8 heteroatoms. The number of hydrogen-bond acceptors (Lipinski definition) is 5. The molecule has 0 bridgehead atoms. The lowest BCUT2D eigenvalue weighted by Crippen LogP contribution is -2.47. The zero-order valence-electron chi connectivity index (χ0n) is 12.7. The van der Waals surface area contributed by atoms with E-state index in [9.17, 15) is 14.4 Å². The number of amides is 4. The molecule has 2 heterocycles. The zero-order chi connectivity index (χ0) is 16.2. The maximum atomic E-state index is 12.6. The Morgan fingerprint density at radius 1 is 1.36 bits per heavy atom. The smallest absolute Gasteiger partial charge is 0.323 e. The first-order valence-corrected chi connectivity index (χ1v) is 8.24. The van der Waals surface area contributed by atoms with Crippen LogP contribution in [0.5, 0.6) is 0 Å². The lowest BCUT2D eigenvalue weighted by Gasteiger charge is -2.25. The van der Waals surface area contributed by atoms with E-state index < -0.39 is 17.5 Å². The second-order valence-corrected chi connectivity index (χ2v) is 6.18. The summed E-state index contributed by atoms with van der Waals surface area (Å²) in [5, 5.41) is 7.54. The molecule has 1 saturated heterocycles. The van der Waals surface area contributed by atoms with Gasteiger partial charge in [-0.15, -0.1) is 11.3 Å². The van der Waals surface area contributed by atoms with Crippen molar-refractivity contribution >= 4 is 34.3 Å². The molecule has 1 aromatic rings. The average molecular weight is 324 g/mol. The van der Waals surface area contributed by atoms with Crippen LogP contribution in [-0.2, 0) is 9.59 Å². The molecule has 0 unspecified atom stereocenters. The SMILES string of the molecule is CCCC1(CCC)NC(=O)N(CC(=O)Nc2nccs2)C1=O. The number of imide groups is 1. The minimum atomic E-state index is -0.859. The number of carbonyl (C=O) groups is 3. The van der Waals surface area contributed by atoms with Gasteiger partial charge in [-0.3, -0.25) is 14.5 Å². The monoisotopic (exact) mass is 324 g/mol. The van der Waals surface area contributed by atoms with Crippen LogP contribution in [0.1, 0.15) is 39.5 Å². The van der Waals surface area contributed by atoms with Crippen molar-refractivity contribution in [2.75, 3.05) is 11.9 Å². The standard InChI is InChI=1S/C14H20N4O3S/c1-3-5-14(6-4-2)11(20)18(13(21)17-14)9-10(19)16-12-15-7-8-22-12/h7-8H,3-6,9H2,1-2H3,(H,17,21)(H,15,16,19). The Morgan fingerprint density at radius 3 is 2.59 bits per heavy atom. The Bertz CT molecular complexity index is 552. The van der Waals surface area contributed by atoms with Gasteiger partial charge < -0.3 is 10.6 Å². The molecule has 1 aliphatic heterocycles. The first kappa shape index (κ1) is 16.4. The number of hydrogen-bond donors (Lipinski definition) is 2. The molecule has 1 fully saturated rings. The summed E-state index contributed by atoms with van der Waals surface area (Å²) >= 11 is 1.28. The highest BCUT2D eigenvalue weighted by atomic mass is 32.1. The number of urea groups is 1. The topological polar surface area (TPSA) is 91.4 Å².